The minimum atomic E-state index is -4.63. The van der Waals surface area contributed by atoms with Gasteiger partial charge in [0, 0.05) is 14.1 Å². The molecule has 0 unspecified atom stereocenters. The maximum atomic E-state index is 13.1. The van der Waals surface area contributed by atoms with Gasteiger partial charge in [-0.2, -0.15) is 13.2 Å². The highest BCUT2D eigenvalue weighted by atomic mass is 35.5. The van der Waals surface area contributed by atoms with Gasteiger partial charge in [-0.15, -0.1) is 11.3 Å². The Morgan fingerprint density at radius 1 is 1.13 bits per heavy atom. The highest BCUT2D eigenvalue weighted by molar-refractivity contribution is 7.91. The summed E-state index contributed by atoms with van der Waals surface area (Å²) in [5.74, 6) is 0.293. The Bertz CT molecular complexity index is 1420. The lowest BCUT2D eigenvalue weighted by atomic mass is 10.3. The van der Waals surface area contributed by atoms with Gasteiger partial charge in [-0.3, -0.25) is 0 Å². The van der Waals surface area contributed by atoms with Crippen LogP contribution in [0.5, 0.6) is 0 Å². The fourth-order valence-electron chi connectivity index (χ4n) is 3.23. The molecule has 0 aliphatic heterocycles. The van der Waals surface area contributed by atoms with Gasteiger partial charge in [0.1, 0.15) is 11.4 Å². The van der Waals surface area contributed by atoms with Crippen molar-refractivity contribution in [1.82, 2.24) is 24.1 Å². The summed E-state index contributed by atoms with van der Waals surface area (Å²) < 4.78 is 68.4. The summed E-state index contributed by atoms with van der Waals surface area (Å²) >= 11 is 7.25. The quantitative estimate of drug-likeness (QED) is 0.419. The van der Waals surface area contributed by atoms with Gasteiger partial charge in [-0.25, -0.2) is 23.4 Å². The van der Waals surface area contributed by atoms with E-state index >= 15 is 0 Å². The smallest absolute Gasteiger partial charge is 0.324 e. The van der Waals surface area contributed by atoms with Crippen LogP contribution in [0.15, 0.2) is 29.4 Å². The lowest BCUT2D eigenvalue weighted by Crippen LogP contribution is -2.11. The molecule has 31 heavy (non-hydrogen) atoms. The Morgan fingerprint density at radius 2 is 1.84 bits per heavy atom. The predicted molar refractivity (Wildman–Crippen MR) is 112 cm³/mol. The molecule has 0 aromatic carbocycles. The summed E-state index contributed by atoms with van der Waals surface area (Å²) in [5, 5.41) is -0.0723. The average Bonchev–Trinajstić information content (AvgIpc) is 3.36. The van der Waals surface area contributed by atoms with Crippen molar-refractivity contribution in [3.05, 3.63) is 34.4 Å². The summed E-state index contributed by atoms with van der Waals surface area (Å²) in [7, 11) is -0.619. The molecule has 0 radical (unpaired) electrons. The number of nitrogens with zero attached hydrogens (tertiary/aromatic N) is 5. The first-order valence-corrected chi connectivity index (χ1v) is 11.7. The van der Waals surface area contributed by atoms with Crippen molar-refractivity contribution in [2.24, 2.45) is 14.1 Å². The number of hydrogen-bond acceptors (Lipinski definition) is 6. The van der Waals surface area contributed by atoms with E-state index in [4.69, 9.17) is 11.6 Å². The molecular weight excluding hydrogens is 475 g/mol. The average molecular weight is 490 g/mol. The Labute approximate surface area is 184 Å². The fourth-order valence-corrected chi connectivity index (χ4v) is 5.51. The maximum Gasteiger partial charge on any atom is 0.433 e. The van der Waals surface area contributed by atoms with Gasteiger partial charge in [0.25, 0.3) is 0 Å². The number of imidazole rings is 2. The second-order valence-corrected chi connectivity index (χ2v) is 10.6. The number of halogens is 4. The third kappa shape index (κ3) is 3.62. The van der Waals surface area contributed by atoms with E-state index in [2.05, 4.69) is 15.0 Å². The van der Waals surface area contributed by atoms with Crippen LogP contribution >= 0.6 is 22.9 Å². The topological polar surface area (TPSA) is 82.7 Å². The van der Waals surface area contributed by atoms with E-state index in [-0.39, 0.29) is 27.8 Å². The minimum Gasteiger partial charge on any atom is -0.324 e. The van der Waals surface area contributed by atoms with Crippen LogP contribution in [0.4, 0.5) is 13.2 Å². The van der Waals surface area contributed by atoms with Gasteiger partial charge in [-0.1, -0.05) is 18.5 Å². The number of thiophene rings is 1. The highest BCUT2D eigenvalue weighted by Crippen LogP contribution is 2.37. The van der Waals surface area contributed by atoms with E-state index in [0.717, 1.165) is 12.3 Å². The van der Waals surface area contributed by atoms with Crippen molar-refractivity contribution in [2.45, 2.75) is 18.1 Å². The molecule has 0 aliphatic carbocycles. The van der Waals surface area contributed by atoms with Gasteiger partial charge in [0.05, 0.1) is 32.2 Å². The van der Waals surface area contributed by atoms with E-state index in [0.29, 0.717) is 20.6 Å². The van der Waals surface area contributed by atoms with Crippen LogP contribution in [-0.2, 0) is 30.1 Å². The van der Waals surface area contributed by atoms with E-state index < -0.39 is 21.7 Å². The van der Waals surface area contributed by atoms with Crippen molar-refractivity contribution in [2.75, 3.05) is 5.75 Å². The molecule has 0 N–H and O–H groups in total. The molecule has 0 aliphatic rings. The zero-order valence-corrected chi connectivity index (χ0v) is 18.8. The first kappa shape index (κ1) is 21.8. The van der Waals surface area contributed by atoms with E-state index in [1.807, 2.05) is 0 Å². The molecule has 0 fully saturated rings. The molecule has 0 spiro atoms. The number of sulfone groups is 1. The molecule has 0 atom stereocenters. The lowest BCUT2D eigenvalue weighted by molar-refractivity contribution is -0.141. The second kappa shape index (κ2) is 7.31. The predicted octanol–water partition coefficient (Wildman–Crippen LogP) is 4.56. The number of aryl methyl sites for hydroxylation is 1. The summed E-state index contributed by atoms with van der Waals surface area (Å²) in [6, 6.07) is 4.22. The van der Waals surface area contributed by atoms with Crippen LogP contribution in [-0.4, -0.2) is 38.3 Å². The molecule has 7 nitrogen and oxygen atoms in total. The second-order valence-electron chi connectivity index (χ2n) is 6.71. The van der Waals surface area contributed by atoms with E-state index in [9.17, 15) is 21.6 Å². The Morgan fingerprint density at radius 3 is 2.42 bits per heavy atom. The molecule has 4 aromatic heterocycles. The number of hydrogen-bond donors (Lipinski definition) is 0. The zero-order valence-electron chi connectivity index (χ0n) is 16.4. The molecule has 13 heteroatoms. The molecule has 164 valence electrons. The van der Waals surface area contributed by atoms with Crippen LogP contribution < -0.4 is 0 Å². The first-order chi connectivity index (χ1) is 14.4. The van der Waals surface area contributed by atoms with Gasteiger partial charge < -0.3 is 9.13 Å². The first-order valence-electron chi connectivity index (χ1n) is 8.89. The Balaban J connectivity index is 2.01. The van der Waals surface area contributed by atoms with Crippen molar-refractivity contribution < 1.29 is 21.6 Å². The number of rotatable bonds is 4. The SMILES string of the molecule is CCS(=O)(=O)c1c(-c2nc3cc(C(F)(F)F)ncc3n2C)nc(-c2ccc(Cl)s2)n1C. The Hall–Kier alpha value is -2.44. The van der Waals surface area contributed by atoms with Crippen molar-refractivity contribution >= 4 is 43.8 Å². The lowest BCUT2D eigenvalue weighted by Gasteiger charge is -2.07. The van der Waals surface area contributed by atoms with Crippen molar-refractivity contribution in [3.8, 4) is 22.2 Å². The van der Waals surface area contributed by atoms with Crippen LogP contribution in [0.25, 0.3) is 33.3 Å². The molecule has 4 rings (SSSR count). The van der Waals surface area contributed by atoms with Gasteiger partial charge in [-0.05, 0) is 18.2 Å². The van der Waals surface area contributed by atoms with E-state index in [1.165, 1.54) is 27.4 Å². The van der Waals surface area contributed by atoms with Crippen LogP contribution in [0.2, 0.25) is 4.34 Å². The standard InChI is InChI=1S/C18H15ClF3N5O2S2/c1-4-31(28,29)17-14(25-15(27(17)3)11-5-6-13(19)30-11)16-24-9-7-12(18(20,21)22)23-8-10(9)26(16)2/h5-8H,4H2,1-3H3. The summed E-state index contributed by atoms with van der Waals surface area (Å²) in [6.07, 6.45) is -3.56. The normalized spacial score (nSPS) is 12.7. The monoisotopic (exact) mass is 489 g/mol. The molecular formula is C18H15ClF3N5O2S2. The van der Waals surface area contributed by atoms with Crippen LogP contribution in [0.1, 0.15) is 12.6 Å². The van der Waals surface area contributed by atoms with Crippen molar-refractivity contribution in [3.63, 3.8) is 0 Å². The van der Waals surface area contributed by atoms with Crippen LogP contribution in [0.3, 0.4) is 0 Å². The number of aromatic nitrogens is 5. The maximum absolute atomic E-state index is 13.1. The molecule has 4 heterocycles. The highest BCUT2D eigenvalue weighted by Gasteiger charge is 2.34. The summed E-state index contributed by atoms with van der Waals surface area (Å²) in [6.45, 7) is 1.50. The minimum absolute atomic E-state index is 0.0334. The third-order valence-corrected chi connectivity index (χ3v) is 7.82. The summed E-state index contributed by atoms with van der Waals surface area (Å²) in [4.78, 5) is 12.9. The van der Waals surface area contributed by atoms with E-state index in [1.54, 1.807) is 26.2 Å². The third-order valence-electron chi connectivity index (χ3n) is 4.78. The number of alkyl halides is 3. The van der Waals surface area contributed by atoms with Gasteiger partial charge in [0.2, 0.25) is 0 Å². The number of fused-ring (bicyclic) bond motifs is 1. The Kier molecular flexibility index (Phi) is 5.14. The largest absolute Gasteiger partial charge is 0.433 e. The number of pyridine rings is 1. The molecule has 0 saturated carbocycles. The molecule has 0 saturated heterocycles. The van der Waals surface area contributed by atoms with Crippen LogP contribution in [0, 0.1) is 0 Å². The molecule has 4 aromatic rings. The summed E-state index contributed by atoms with van der Waals surface area (Å²) in [5.41, 5.74) is -0.683. The fraction of sp³-hybridized carbons (Fsp3) is 0.278. The molecule has 0 amide bonds. The van der Waals surface area contributed by atoms with Crippen molar-refractivity contribution in [1.29, 1.82) is 0 Å². The molecule has 0 bridgehead atoms. The van der Waals surface area contributed by atoms with Gasteiger partial charge in [0.15, 0.2) is 26.5 Å². The zero-order chi connectivity index (χ0) is 22.7. The van der Waals surface area contributed by atoms with Gasteiger partial charge >= 0.3 is 6.18 Å².